The van der Waals surface area contributed by atoms with Gasteiger partial charge in [-0.3, -0.25) is 14.4 Å². The Morgan fingerprint density at radius 1 is 0.912 bits per heavy atom. The van der Waals surface area contributed by atoms with Gasteiger partial charge in [-0.1, -0.05) is 96.2 Å². The van der Waals surface area contributed by atoms with Crippen LogP contribution in [-0.4, -0.2) is 27.4 Å². The first-order valence-corrected chi connectivity index (χ1v) is 14.8. The van der Waals surface area contributed by atoms with E-state index in [9.17, 15) is 14.4 Å². The van der Waals surface area contributed by atoms with E-state index in [1.807, 2.05) is 6.07 Å². The van der Waals surface area contributed by atoms with Crippen LogP contribution in [-0.2, 0) is 14.4 Å². The number of carbonyl (C=O) groups excluding carboxylic acids is 3. The number of anilines is 2. The number of hydrogen-bond donors (Lipinski definition) is 1. The number of imide groups is 1. The normalized spacial score (nSPS) is 29.7. The van der Waals surface area contributed by atoms with Crippen LogP contribution in [0.3, 0.4) is 0 Å². The van der Waals surface area contributed by atoms with Crippen molar-refractivity contribution >= 4 is 61.0 Å². The van der Waals surface area contributed by atoms with E-state index in [1.165, 1.54) is 49.8 Å². The van der Waals surface area contributed by atoms with Crippen LogP contribution in [0.4, 0.5) is 11.4 Å². The highest BCUT2D eigenvalue weighted by Crippen LogP contribution is 2.60. The van der Waals surface area contributed by atoms with Crippen molar-refractivity contribution in [3.05, 3.63) is 24.3 Å². The summed E-state index contributed by atoms with van der Waals surface area (Å²) in [4.78, 5) is 40.8. The van der Waals surface area contributed by atoms with Crippen LogP contribution in [0.5, 0.6) is 0 Å². The van der Waals surface area contributed by atoms with Gasteiger partial charge in [-0.15, -0.1) is 0 Å². The fourth-order valence-electron chi connectivity index (χ4n) is 6.15. The lowest BCUT2D eigenvalue weighted by atomic mass is 9.81. The molecule has 2 aliphatic carbocycles. The molecule has 3 fully saturated rings. The van der Waals surface area contributed by atoms with E-state index in [1.54, 1.807) is 18.2 Å². The lowest BCUT2D eigenvalue weighted by Crippen LogP contribution is -2.37. The summed E-state index contributed by atoms with van der Waals surface area (Å²) in [7, 11) is 0. The standard InChI is InChI=1S/C27H36Br2N2O3/c1-2-3-4-5-6-7-8-9-10-14-21(32)30-17-12-11-13-18(15-17)31-26(33)22-19-16-20(23(22)27(31)34)25(29)24(19)28/h11-13,15,19-20,22-25H,2-10,14,16H2,1H3,(H,30,32)/t19-,20-,22-,23-,24+,25+/m1/s1. The minimum atomic E-state index is -0.236. The van der Waals surface area contributed by atoms with Gasteiger partial charge >= 0.3 is 0 Å². The Morgan fingerprint density at radius 2 is 1.47 bits per heavy atom. The predicted octanol–water partition coefficient (Wildman–Crippen LogP) is 6.83. The molecule has 1 aromatic carbocycles. The molecular weight excluding hydrogens is 560 g/mol. The lowest BCUT2D eigenvalue weighted by Gasteiger charge is -2.28. The zero-order chi connectivity index (χ0) is 24.2. The second kappa shape index (κ2) is 11.7. The smallest absolute Gasteiger partial charge is 0.238 e. The van der Waals surface area contributed by atoms with Crippen molar-refractivity contribution < 1.29 is 14.4 Å². The molecule has 1 saturated heterocycles. The maximum Gasteiger partial charge on any atom is 0.238 e. The van der Waals surface area contributed by atoms with Gasteiger partial charge in [0.15, 0.2) is 0 Å². The van der Waals surface area contributed by atoms with Crippen molar-refractivity contribution in [3.63, 3.8) is 0 Å². The Labute approximate surface area is 220 Å². The SMILES string of the molecule is CCCCCCCCCCCC(=O)Nc1cccc(N2C(=O)[C@@H]3[C@H]4C[C@@H]([C@H](Br)[C@H]4Br)[C@H]3C2=O)c1. The molecule has 1 aliphatic heterocycles. The molecule has 186 valence electrons. The quantitative estimate of drug-likeness (QED) is 0.164. The minimum absolute atomic E-state index is 0.0154. The Balaban J connectivity index is 1.26. The second-order valence-corrected chi connectivity index (χ2v) is 12.3. The molecule has 1 aromatic rings. The van der Waals surface area contributed by atoms with Crippen LogP contribution in [0.25, 0.3) is 0 Å². The van der Waals surface area contributed by atoms with Crippen molar-refractivity contribution in [3.8, 4) is 0 Å². The predicted molar refractivity (Wildman–Crippen MR) is 143 cm³/mol. The maximum atomic E-state index is 13.3. The van der Waals surface area contributed by atoms with Gasteiger partial charge in [-0.05, 0) is 42.9 Å². The van der Waals surface area contributed by atoms with Crippen molar-refractivity contribution in [2.75, 3.05) is 10.2 Å². The van der Waals surface area contributed by atoms with Crippen LogP contribution < -0.4 is 10.2 Å². The molecule has 7 heteroatoms. The highest BCUT2D eigenvalue weighted by Gasteiger charge is 2.66. The number of benzene rings is 1. The number of carbonyl (C=O) groups is 3. The van der Waals surface area contributed by atoms with Gasteiger partial charge in [-0.25, -0.2) is 4.90 Å². The zero-order valence-corrected chi connectivity index (χ0v) is 23.2. The lowest BCUT2D eigenvalue weighted by molar-refractivity contribution is -0.123. The molecule has 0 radical (unpaired) electrons. The molecule has 3 aliphatic rings. The number of amides is 3. The topological polar surface area (TPSA) is 66.5 Å². The molecule has 4 rings (SSSR count). The van der Waals surface area contributed by atoms with Crippen LogP contribution in [0.2, 0.25) is 0 Å². The Hall–Kier alpha value is -1.21. The summed E-state index contributed by atoms with van der Waals surface area (Å²) < 4.78 is 0. The fraction of sp³-hybridized carbons (Fsp3) is 0.667. The number of unbranched alkanes of at least 4 members (excludes halogenated alkanes) is 8. The summed E-state index contributed by atoms with van der Waals surface area (Å²) in [6.07, 6.45) is 12.4. The largest absolute Gasteiger partial charge is 0.326 e. The van der Waals surface area contributed by atoms with Gasteiger partial charge in [0.2, 0.25) is 17.7 Å². The van der Waals surface area contributed by atoms with Gasteiger partial charge in [-0.2, -0.15) is 0 Å². The second-order valence-electron chi connectivity index (χ2n) is 10.2. The number of halogens is 2. The van der Waals surface area contributed by atoms with E-state index in [2.05, 4.69) is 44.1 Å². The molecule has 2 saturated carbocycles. The molecule has 5 nitrogen and oxygen atoms in total. The minimum Gasteiger partial charge on any atom is -0.326 e. The monoisotopic (exact) mass is 594 g/mol. The first-order chi connectivity index (χ1) is 16.4. The van der Waals surface area contributed by atoms with Gasteiger partial charge in [0.1, 0.15) is 0 Å². The summed E-state index contributed by atoms with van der Waals surface area (Å²) in [5, 5.41) is 2.95. The molecule has 1 heterocycles. The van der Waals surface area contributed by atoms with Crippen LogP contribution in [0.15, 0.2) is 24.3 Å². The fourth-order valence-corrected chi connectivity index (χ4v) is 8.02. The van der Waals surface area contributed by atoms with Crippen molar-refractivity contribution in [1.29, 1.82) is 0 Å². The van der Waals surface area contributed by atoms with Crippen molar-refractivity contribution in [2.24, 2.45) is 23.7 Å². The zero-order valence-electron chi connectivity index (χ0n) is 20.0. The van der Waals surface area contributed by atoms with E-state index in [-0.39, 0.29) is 51.0 Å². The molecule has 1 N–H and O–H groups in total. The summed E-state index contributed by atoms with van der Waals surface area (Å²) in [6, 6.07) is 7.15. The van der Waals surface area contributed by atoms with E-state index in [0.717, 1.165) is 19.3 Å². The third-order valence-electron chi connectivity index (χ3n) is 7.88. The molecule has 2 bridgehead atoms. The Bertz CT molecular complexity index is 876. The highest BCUT2D eigenvalue weighted by atomic mass is 79.9. The Kier molecular flexibility index (Phi) is 8.89. The third-order valence-corrected chi connectivity index (χ3v) is 11.1. The first kappa shape index (κ1) is 25.9. The summed E-state index contributed by atoms with van der Waals surface area (Å²) in [5.41, 5.74) is 1.19. The average Bonchev–Trinajstić information content (AvgIpc) is 3.43. The first-order valence-electron chi connectivity index (χ1n) is 13.0. The summed E-state index contributed by atoms with van der Waals surface area (Å²) >= 11 is 7.46. The number of rotatable bonds is 12. The maximum absolute atomic E-state index is 13.3. The molecule has 0 unspecified atom stereocenters. The number of hydrogen-bond acceptors (Lipinski definition) is 3. The summed E-state index contributed by atoms with van der Waals surface area (Å²) in [6.45, 7) is 2.23. The van der Waals surface area contributed by atoms with Crippen molar-refractivity contribution in [2.45, 2.75) is 87.2 Å². The molecule has 0 aromatic heterocycles. The molecule has 34 heavy (non-hydrogen) atoms. The highest BCUT2D eigenvalue weighted by molar-refractivity contribution is 9.12. The average molecular weight is 596 g/mol. The molecule has 6 atom stereocenters. The van der Waals surface area contributed by atoms with Crippen LogP contribution in [0, 0.1) is 23.7 Å². The van der Waals surface area contributed by atoms with Crippen LogP contribution in [0.1, 0.15) is 77.6 Å². The number of nitrogens with one attached hydrogen (secondary N) is 1. The van der Waals surface area contributed by atoms with Gasteiger partial charge < -0.3 is 5.32 Å². The molecular formula is C27H36Br2N2O3. The summed E-state index contributed by atoms with van der Waals surface area (Å²) in [5.74, 6) is -0.284. The molecule has 0 spiro atoms. The van der Waals surface area contributed by atoms with E-state index < -0.39 is 0 Å². The van der Waals surface area contributed by atoms with E-state index >= 15 is 0 Å². The Morgan fingerprint density at radius 3 is 2.06 bits per heavy atom. The van der Waals surface area contributed by atoms with E-state index in [0.29, 0.717) is 17.8 Å². The van der Waals surface area contributed by atoms with Gasteiger partial charge in [0, 0.05) is 21.8 Å². The number of fused-ring (bicyclic) bond motifs is 5. The van der Waals surface area contributed by atoms with Gasteiger partial charge in [0.25, 0.3) is 0 Å². The van der Waals surface area contributed by atoms with E-state index in [4.69, 9.17) is 0 Å². The molecule has 3 amide bonds. The van der Waals surface area contributed by atoms with Crippen LogP contribution >= 0.6 is 31.9 Å². The number of nitrogens with zero attached hydrogens (tertiary/aromatic N) is 1. The van der Waals surface area contributed by atoms with Crippen molar-refractivity contribution in [1.82, 2.24) is 0 Å². The third kappa shape index (κ3) is 5.30. The number of alkyl halides is 2. The van der Waals surface area contributed by atoms with Gasteiger partial charge in [0.05, 0.1) is 17.5 Å².